The van der Waals surface area contributed by atoms with Crippen LogP contribution in [0.4, 0.5) is 5.69 Å². The van der Waals surface area contributed by atoms with Gasteiger partial charge < -0.3 is 14.6 Å². The average molecular weight is 299 g/mol. The topological polar surface area (TPSA) is 77.8 Å². The third kappa shape index (κ3) is 6.16. The minimum Gasteiger partial charge on any atom is -0.481 e. The predicted octanol–water partition coefficient (Wildman–Crippen LogP) is 2.36. The highest BCUT2D eigenvalue weighted by molar-refractivity contribution is 7.79. The van der Waals surface area contributed by atoms with Gasteiger partial charge in [-0.1, -0.05) is 18.2 Å². The van der Waals surface area contributed by atoms with Crippen LogP contribution in [0.2, 0.25) is 0 Å². The molecular weight excluding hydrogens is 278 g/mol. The summed E-state index contributed by atoms with van der Waals surface area (Å²) in [5, 5.41) is 8.54. The first-order valence-corrected chi connectivity index (χ1v) is 7.79. The lowest BCUT2D eigenvalue weighted by Crippen LogP contribution is -2.28. The Morgan fingerprint density at radius 3 is 2.50 bits per heavy atom. The molecule has 0 heterocycles. The number of aliphatic carboxylic acids is 1. The Balaban J connectivity index is 2.55. The standard InChI is InChI=1S/C14H21NO4S/c1-12(20(18)19)6-5-10-15(11-9-14(16)17)13-7-3-2-4-8-13/h2-4,7-8,12H,5-6,9-11H2,1H3,(H,16,17)(H,18,19). The number of nitrogens with zero attached hydrogens (tertiary/aromatic N) is 1. The molecule has 2 atom stereocenters. The molecule has 0 aliphatic carbocycles. The molecule has 1 aromatic carbocycles. The van der Waals surface area contributed by atoms with Crippen LogP contribution in [0, 0.1) is 0 Å². The smallest absolute Gasteiger partial charge is 0.305 e. The van der Waals surface area contributed by atoms with Crippen molar-refractivity contribution in [1.82, 2.24) is 0 Å². The molecule has 0 aliphatic heterocycles. The number of hydrogen-bond donors (Lipinski definition) is 2. The molecule has 5 nitrogen and oxygen atoms in total. The number of anilines is 1. The maximum Gasteiger partial charge on any atom is 0.305 e. The van der Waals surface area contributed by atoms with Gasteiger partial charge in [-0.3, -0.25) is 4.79 Å². The third-order valence-corrected chi connectivity index (χ3v) is 4.02. The van der Waals surface area contributed by atoms with Crippen molar-refractivity contribution in [3.63, 3.8) is 0 Å². The summed E-state index contributed by atoms with van der Waals surface area (Å²) >= 11 is -1.79. The van der Waals surface area contributed by atoms with E-state index in [1.54, 1.807) is 6.92 Å². The second kappa shape index (κ2) is 8.71. The Labute approximate surface area is 121 Å². The lowest BCUT2D eigenvalue weighted by molar-refractivity contribution is -0.136. The van der Waals surface area contributed by atoms with E-state index in [0.717, 1.165) is 12.1 Å². The summed E-state index contributed by atoms with van der Waals surface area (Å²) in [6.07, 6.45) is 1.47. The van der Waals surface area contributed by atoms with Gasteiger partial charge in [0.25, 0.3) is 0 Å². The van der Waals surface area contributed by atoms with Crippen LogP contribution in [0.15, 0.2) is 30.3 Å². The van der Waals surface area contributed by atoms with Gasteiger partial charge in [0.2, 0.25) is 0 Å². The van der Waals surface area contributed by atoms with Gasteiger partial charge in [-0.05, 0) is 31.9 Å². The summed E-state index contributed by atoms with van der Waals surface area (Å²) in [5.74, 6) is -0.823. The summed E-state index contributed by atoms with van der Waals surface area (Å²) < 4.78 is 19.8. The summed E-state index contributed by atoms with van der Waals surface area (Å²) in [6, 6.07) is 9.61. The van der Waals surface area contributed by atoms with E-state index in [2.05, 4.69) is 0 Å². The number of carboxylic acid groups (broad SMARTS) is 1. The van der Waals surface area contributed by atoms with E-state index in [9.17, 15) is 9.00 Å². The van der Waals surface area contributed by atoms with Crippen molar-refractivity contribution in [2.45, 2.75) is 31.4 Å². The Bertz CT molecular complexity index is 438. The van der Waals surface area contributed by atoms with Crippen LogP contribution in [0.5, 0.6) is 0 Å². The molecule has 112 valence electrons. The number of hydrogen-bond acceptors (Lipinski definition) is 3. The SMILES string of the molecule is CC(CCCN(CCC(=O)O)c1ccccc1)S(=O)O. The highest BCUT2D eigenvalue weighted by atomic mass is 32.2. The minimum atomic E-state index is -1.79. The fraction of sp³-hybridized carbons (Fsp3) is 0.500. The van der Waals surface area contributed by atoms with Gasteiger partial charge >= 0.3 is 5.97 Å². The summed E-state index contributed by atoms with van der Waals surface area (Å²) in [7, 11) is 0. The zero-order chi connectivity index (χ0) is 15.0. The van der Waals surface area contributed by atoms with E-state index < -0.39 is 17.0 Å². The van der Waals surface area contributed by atoms with Crippen molar-refractivity contribution in [2.75, 3.05) is 18.0 Å². The molecular formula is C14H21NO4S. The first kappa shape index (κ1) is 16.7. The third-order valence-electron chi connectivity index (χ3n) is 3.10. The minimum absolute atomic E-state index is 0.0797. The van der Waals surface area contributed by atoms with E-state index in [-0.39, 0.29) is 11.7 Å². The van der Waals surface area contributed by atoms with Crippen LogP contribution in [0.1, 0.15) is 26.2 Å². The van der Waals surface area contributed by atoms with Crippen LogP contribution in [-0.2, 0) is 15.9 Å². The predicted molar refractivity (Wildman–Crippen MR) is 80.4 cm³/mol. The highest BCUT2D eigenvalue weighted by Crippen LogP contribution is 2.15. The molecule has 0 fully saturated rings. The zero-order valence-corrected chi connectivity index (χ0v) is 12.4. The first-order chi connectivity index (χ1) is 9.50. The molecule has 0 spiro atoms. The molecule has 1 aromatic rings. The first-order valence-electron chi connectivity index (χ1n) is 6.62. The molecule has 0 saturated carbocycles. The Morgan fingerprint density at radius 1 is 1.30 bits per heavy atom. The molecule has 0 bridgehead atoms. The van der Waals surface area contributed by atoms with Gasteiger partial charge in [-0.25, -0.2) is 4.21 Å². The van der Waals surface area contributed by atoms with E-state index >= 15 is 0 Å². The van der Waals surface area contributed by atoms with Gasteiger partial charge in [-0.15, -0.1) is 0 Å². The second-order valence-electron chi connectivity index (χ2n) is 4.70. The molecule has 0 aromatic heterocycles. The molecule has 0 saturated heterocycles. The maximum atomic E-state index is 10.9. The van der Waals surface area contributed by atoms with Crippen molar-refractivity contribution in [3.8, 4) is 0 Å². The molecule has 2 N–H and O–H groups in total. The molecule has 6 heteroatoms. The van der Waals surface area contributed by atoms with Gasteiger partial charge in [0.05, 0.1) is 11.7 Å². The fourth-order valence-electron chi connectivity index (χ4n) is 1.91. The second-order valence-corrected chi connectivity index (χ2v) is 6.05. The van der Waals surface area contributed by atoms with Crippen LogP contribution < -0.4 is 4.90 Å². The Morgan fingerprint density at radius 2 is 1.95 bits per heavy atom. The van der Waals surface area contributed by atoms with E-state index in [1.807, 2.05) is 35.2 Å². The molecule has 1 rings (SSSR count). The van der Waals surface area contributed by atoms with Crippen molar-refractivity contribution in [2.24, 2.45) is 0 Å². The van der Waals surface area contributed by atoms with Crippen molar-refractivity contribution in [1.29, 1.82) is 0 Å². The monoisotopic (exact) mass is 299 g/mol. The van der Waals surface area contributed by atoms with Crippen molar-refractivity contribution < 1.29 is 18.7 Å². The number of para-hydroxylation sites is 1. The van der Waals surface area contributed by atoms with Gasteiger partial charge in [0, 0.05) is 18.8 Å². The highest BCUT2D eigenvalue weighted by Gasteiger charge is 2.11. The van der Waals surface area contributed by atoms with Crippen LogP contribution >= 0.6 is 0 Å². The quantitative estimate of drug-likeness (QED) is 0.684. The normalized spacial score (nSPS) is 13.7. The number of carbonyl (C=O) groups is 1. The Hall–Kier alpha value is -1.40. The molecule has 0 amide bonds. The molecule has 0 aliphatic rings. The van der Waals surface area contributed by atoms with E-state index in [0.29, 0.717) is 19.5 Å². The average Bonchev–Trinajstić information content (AvgIpc) is 2.42. The molecule has 0 radical (unpaired) electrons. The lowest BCUT2D eigenvalue weighted by Gasteiger charge is -2.24. The van der Waals surface area contributed by atoms with E-state index in [4.69, 9.17) is 9.66 Å². The van der Waals surface area contributed by atoms with E-state index in [1.165, 1.54) is 0 Å². The van der Waals surface area contributed by atoms with Crippen molar-refractivity contribution in [3.05, 3.63) is 30.3 Å². The Kier molecular flexibility index (Phi) is 7.25. The van der Waals surface area contributed by atoms with Crippen molar-refractivity contribution >= 4 is 22.7 Å². The van der Waals surface area contributed by atoms with Gasteiger partial charge in [0.1, 0.15) is 0 Å². The van der Waals surface area contributed by atoms with Gasteiger partial charge in [0.15, 0.2) is 11.1 Å². The largest absolute Gasteiger partial charge is 0.481 e. The number of rotatable bonds is 9. The van der Waals surface area contributed by atoms with Crippen LogP contribution in [0.3, 0.4) is 0 Å². The number of benzene rings is 1. The fourth-order valence-corrected chi connectivity index (χ4v) is 2.28. The molecule has 2 unspecified atom stereocenters. The summed E-state index contributed by atoms with van der Waals surface area (Å²) in [6.45, 7) is 2.86. The maximum absolute atomic E-state index is 10.9. The number of carboxylic acids is 1. The lowest BCUT2D eigenvalue weighted by atomic mass is 10.2. The van der Waals surface area contributed by atoms with Crippen LogP contribution in [0.25, 0.3) is 0 Å². The summed E-state index contributed by atoms with van der Waals surface area (Å²) in [4.78, 5) is 12.7. The molecule has 20 heavy (non-hydrogen) atoms. The van der Waals surface area contributed by atoms with Gasteiger partial charge in [-0.2, -0.15) is 0 Å². The summed E-state index contributed by atoms with van der Waals surface area (Å²) in [5.41, 5.74) is 0.978. The van der Waals surface area contributed by atoms with Crippen LogP contribution in [-0.4, -0.2) is 38.2 Å². The zero-order valence-electron chi connectivity index (χ0n) is 11.6.